The van der Waals surface area contributed by atoms with Crippen molar-refractivity contribution in [3.05, 3.63) is 29.7 Å². The first-order valence-corrected chi connectivity index (χ1v) is 7.44. The van der Waals surface area contributed by atoms with Gasteiger partial charge in [-0.05, 0) is 13.8 Å². The molecule has 0 fully saturated rings. The molecule has 2 N–H and O–H groups in total. The molecule has 1 rings (SSSR count). The van der Waals surface area contributed by atoms with Crippen molar-refractivity contribution in [3.8, 4) is 0 Å². The lowest BCUT2D eigenvalue weighted by atomic mass is 10.2. The maximum Gasteiger partial charge on any atom is 0.340 e. The average Bonchev–Trinajstić information content (AvgIpc) is 2.43. The van der Waals surface area contributed by atoms with E-state index in [4.69, 9.17) is 0 Å². The Balaban J connectivity index is 3.05. The van der Waals surface area contributed by atoms with E-state index >= 15 is 0 Å². The molecule has 0 aliphatic heterocycles. The van der Waals surface area contributed by atoms with Crippen molar-refractivity contribution in [2.75, 3.05) is 6.54 Å². The van der Waals surface area contributed by atoms with Crippen molar-refractivity contribution >= 4 is 23.6 Å². The summed E-state index contributed by atoms with van der Waals surface area (Å²) < 4.78 is 0. The number of carboxylic acids is 1. The number of aryl methyl sites for hydroxylation is 2. The summed E-state index contributed by atoms with van der Waals surface area (Å²) in [5, 5.41) is 11.8. The summed E-state index contributed by atoms with van der Waals surface area (Å²) in [7, 11) is 0. The lowest BCUT2D eigenvalue weighted by Gasteiger charge is -2.13. The van der Waals surface area contributed by atoms with Crippen LogP contribution >= 0.6 is 11.8 Å². The van der Waals surface area contributed by atoms with E-state index in [1.165, 1.54) is 0 Å². The molecule has 0 radical (unpaired) electrons. The van der Waals surface area contributed by atoms with Gasteiger partial charge in [0.25, 0.3) is 0 Å². The van der Waals surface area contributed by atoms with Crippen molar-refractivity contribution in [3.63, 3.8) is 0 Å². The van der Waals surface area contributed by atoms with Gasteiger partial charge in [0.15, 0.2) is 0 Å². The van der Waals surface area contributed by atoms with Crippen LogP contribution in [0.2, 0.25) is 0 Å². The van der Waals surface area contributed by atoms with Gasteiger partial charge < -0.3 is 10.4 Å². The van der Waals surface area contributed by atoms with Crippen molar-refractivity contribution in [2.24, 2.45) is 0 Å². The number of hydrogen-bond acceptors (Lipinski definition) is 5. The number of amides is 1. The van der Waals surface area contributed by atoms with E-state index in [1.807, 2.05) is 6.92 Å². The fraction of sp³-hybridized carbons (Fsp3) is 0.429. The number of rotatable bonds is 7. The van der Waals surface area contributed by atoms with E-state index in [-0.39, 0.29) is 11.5 Å². The second kappa shape index (κ2) is 7.78. The highest BCUT2D eigenvalue weighted by Crippen LogP contribution is 2.27. The molecule has 0 spiro atoms. The zero-order valence-corrected chi connectivity index (χ0v) is 13.2. The molecule has 0 aliphatic rings. The number of carbonyl (C=O) groups excluding carboxylic acids is 1. The summed E-state index contributed by atoms with van der Waals surface area (Å²) in [4.78, 5) is 31.6. The predicted octanol–water partition coefficient (Wildman–Crippen LogP) is 1.83. The summed E-state index contributed by atoms with van der Waals surface area (Å²) >= 11 is 1.12. The fourth-order valence-electron chi connectivity index (χ4n) is 1.63. The molecule has 0 aliphatic carbocycles. The summed E-state index contributed by atoms with van der Waals surface area (Å²) in [5.74, 6) is -0.708. The zero-order valence-electron chi connectivity index (χ0n) is 12.3. The number of nitrogens with one attached hydrogen (secondary N) is 1. The third-order valence-electron chi connectivity index (χ3n) is 2.71. The highest BCUT2D eigenvalue weighted by Gasteiger charge is 2.22. The van der Waals surface area contributed by atoms with E-state index in [2.05, 4.69) is 21.9 Å². The molecule has 1 amide bonds. The van der Waals surface area contributed by atoms with Crippen LogP contribution in [0.4, 0.5) is 0 Å². The highest BCUT2D eigenvalue weighted by atomic mass is 32.2. The minimum Gasteiger partial charge on any atom is -0.478 e. The molecule has 0 bridgehead atoms. The molecule has 6 nitrogen and oxygen atoms in total. The predicted molar refractivity (Wildman–Crippen MR) is 81.6 cm³/mol. The third-order valence-corrected chi connectivity index (χ3v) is 3.80. The van der Waals surface area contributed by atoms with Gasteiger partial charge in [0, 0.05) is 13.0 Å². The topological polar surface area (TPSA) is 92.2 Å². The van der Waals surface area contributed by atoms with Crippen LogP contribution in [-0.2, 0) is 11.2 Å². The maximum atomic E-state index is 11.9. The van der Waals surface area contributed by atoms with Gasteiger partial charge in [0.05, 0.1) is 10.9 Å². The summed E-state index contributed by atoms with van der Waals surface area (Å²) in [6.45, 7) is 9.14. The second-order valence-electron chi connectivity index (χ2n) is 4.36. The maximum absolute atomic E-state index is 11.9. The Morgan fingerprint density at radius 2 is 2.14 bits per heavy atom. The molecule has 0 saturated carbocycles. The first-order chi connectivity index (χ1) is 9.90. The van der Waals surface area contributed by atoms with Crippen LogP contribution in [0, 0.1) is 6.92 Å². The molecule has 1 aromatic heterocycles. The van der Waals surface area contributed by atoms with Crippen LogP contribution in [0.3, 0.4) is 0 Å². The fourth-order valence-corrected chi connectivity index (χ4v) is 2.67. The van der Waals surface area contributed by atoms with Crippen LogP contribution < -0.4 is 5.32 Å². The van der Waals surface area contributed by atoms with Crippen LogP contribution in [0.25, 0.3) is 0 Å². The van der Waals surface area contributed by atoms with Gasteiger partial charge in [0.1, 0.15) is 16.4 Å². The minimum atomic E-state index is -1.09. The number of nitrogens with zero attached hydrogens (tertiary/aromatic N) is 2. The number of hydrogen-bond donors (Lipinski definition) is 2. The minimum absolute atomic E-state index is 0.0561. The Bertz CT molecular complexity index is 561. The first kappa shape index (κ1) is 17.2. The molecule has 114 valence electrons. The molecule has 1 atom stereocenters. The van der Waals surface area contributed by atoms with E-state index in [0.29, 0.717) is 29.5 Å². The van der Waals surface area contributed by atoms with Crippen molar-refractivity contribution in [2.45, 2.75) is 37.5 Å². The van der Waals surface area contributed by atoms with Gasteiger partial charge in [-0.3, -0.25) is 4.79 Å². The molecule has 21 heavy (non-hydrogen) atoms. The van der Waals surface area contributed by atoms with Gasteiger partial charge in [-0.25, -0.2) is 14.8 Å². The Morgan fingerprint density at radius 1 is 1.48 bits per heavy atom. The summed E-state index contributed by atoms with van der Waals surface area (Å²) in [6, 6.07) is 0. The van der Waals surface area contributed by atoms with Crippen molar-refractivity contribution in [1.82, 2.24) is 15.3 Å². The van der Waals surface area contributed by atoms with E-state index < -0.39 is 11.2 Å². The van der Waals surface area contributed by atoms with Crippen LogP contribution in [0.15, 0.2) is 17.7 Å². The molecular formula is C14H19N3O3S. The standard InChI is InChI=1S/C14H19N3O3S/c1-5-7-15-12(18)9(4)21-13-11(14(19)20)8(3)16-10(6-2)17-13/h5,9H,1,6-7H2,2-4H3,(H,15,18)(H,19,20). The molecule has 1 unspecified atom stereocenters. The molecular weight excluding hydrogens is 290 g/mol. The van der Waals surface area contributed by atoms with E-state index in [9.17, 15) is 14.7 Å². The number of thioether (sulfide) groups is 1. The second-order valence-corrected chi connectivity index (χ2v) is 5.69. The largest absolute Gasteiger partial charge is 0.478 e. The molecule has 0 saturated heterocycles. The monoisotopic (exact) mass is 309 g/mol. The summed E-state index contributed by atoms with van der Waals surface area (Å²) in [5.41, 5.74) is 0.469. The lowest BCUT2D eigenvalue weighted by molar-refractivity contribution is -0.120. The van der Waals surface area contributed by atoms with Crippen molar-refractivity contribution in [1.29, 1.82) is 0 Å². The summed E-state index contributed by atoms with van der Waals surface area (Å²) in [6.07, 6.45) is 2.19. The Kier molecular flexibility index (Phi) is 6.36. The van der Waals surface area contributed by atoms with Crippen LogP contribution in [0.5, 0.6) is 0 Å². The molecule has 1 heterocycles. The van der Waals surface area contributed by atoms with Gasteiger partial charge in [0.2, 0.25) is 5.91 Å². The lowest BCUT2D eigenvalue weighted by Crippen LogP contribution is -2.31. The Hall–Kier alpha value is -1.89. The van der Waals surface area contributed by atoms with E-state index in [0.717, 1.165) is 11.8 Å². The number of carboxylic acid groups (broad SMARTS) is 1. The van der Waals surface area contributed by atoms with Gasteiger partial charge in [-0.2, -0.15) is 0 Å². The first-order valence-electron chi connectivity index (χ1n) is 6.56. The zero-order chi connectivity index (χ0) is 16.0. The SMILES string of the molecule is C=CCNC(=O)C(C)Sc1nc(CC)nc(C)c1C(=O)O. The molecule has 1 aromatic rings. The number of aromatic nitrogens is 2. The molecule has 0 aromatic carbocycles. The smallest absolute Gasteiger partial charge is 0.340 e. The van der Waals surface area contributed by atoms with Crippen LogP contribution in [0.1, 0.15) is 35.7 Å². The highest BCUT2D eigenvalue weighted by molar-refractivity contribution is 8.00. The normalized spacial score (nSPS) is 11.8. The van der Waals surface area contributed by atoms with E-state index in [1.54, 1.807) is 19.9 Å². The third kappa shape index (κ3) is 4.56. The number of carbonyl (C=O) groups is 2. The van der Waals surface area contributed by atoms with Gasteiger partial charge in [-0.1, -0.05) is 24.8 Å². The van der Waals surface area contributed by atoms with Crippen LogP contribution in [-0.4, -0.2) is 38.7 Å². The van der Waals surface area contributed by atoms with Gasteiger partial charge in [-0.15, -0.1) is 6.58 Å². The quantitative estimate of drug-likeness (QED) is 0.453. The van der Waals surface area contributed by atoms with Gasteiger partial charge >= 0.3 is 5.97 Å². The average molecular weight is 309 g/mol. The molecule has 7 heteroatoms. The Labute approximate surface area is 128 Å². The van der Waals surface area contributed by atoms with Crippen molar-refractivity contribution < 1.29 is 14.7 Å². The Morgan fingerprint density at radius 3 is 2.67 bits per heavy atom. The number of aromatic carboxylic acids is 1.